The first kappa shape index (κ1) is 9.55. The monoisotopic (exact) mass is 187 g/mol. The molecule has 0 spiro atoms. The number of rotatable bonds is 5. The third-order valence-electron chi connectivity index (χ3n) is 1.67. The van der Waals surface area contributed by atoms with Gasteiger partial charge in [-0.1, -0.05) is 11.6 Å². The van der Waals surface area contributed by atoms with E-state index in [0.717, 1.165) is 19.5 Å². The van der Waals surface area contributed by atoms with Gasteiger partial charge in [0.15, 0.2) is 0 Å². The van der Waals surface area contributed by atoms with Gasteiger partial charge in [0.2, 0.25) is 0 Å². The summed E-state index contributed by atoms with van der Waals surface area (Å²) in [4.78, 5) is 0. The Morgan fingerprint density at radius 1 is 1.58 bits per heavy atom. The summed E-state index contributed by atoms with van der Waals surface area (Å²) in [6, 6.07) is 0. The summed E-state index contributed by atoms with van der Waals surface area (Å²) in [5.41, 5.74) is 0. The first-order valence-electron chi connectivity index (χ1n) is 4.15. The summed E-state index contributed by atoms with van der Waals surface area (Å²) < 4.78 is 1.87. The molecular weight excluding hydrogens is 174 g/mol. The molecule has 0 aromatic carbocycles. The van der Waals surface area contributed by atoms with Gasteiger partial charge in [-0.15, -0.1) is 0 Å². The molecule has 1 heterocycles. The highest BCUT2D eigenvalue weighted by molar-refractivity contribution is 6.30. The molecule has 0 fully saturated rings. The lowest BCUT2D eigenvalue weighted by atomic mass is 10.3. The van der Waals surface area contributed by atoms with Gasteiger partial charge in [-0.2, -0.15) is 5.10 Å². The summed E-state index contributed by atoms with van der Waals surface area (Å²) in [5.74, 6) is 0. The number of aryl methyl sites for hydroxylation is 1. The van der Waals surface area contributed by atoms with Crippen LogP contribution in [0.15, 0.2) is 12.4 Å². The molecular formula is C8H14ClN3. The van der Waals surface area contributed by atoms with Crippen LogP contribution in [0, 0.1) is 0 Å². The lowest BCUT2D eigenvalue weighted by Gasteiger charge is -2.00. The van der Waals surface area contributed by atoms with E-state index in [2.05, 4.69) is 10.4 Å². The van der Waals surface area contributed by atoms with Crippen LogP contribution in [0.4, 0.5) is 0 Å². The predicted octanol–water partition coefficient (Wildman–Crippen LogP) is 1.54. The molecule has 12 heavy (non-hydrogen) atoms. The molecule has 0 aliphatic carbocycles. The van der Waals surface area contributed by atoms with Crippen molar-refractivity contribution in [1.82, 2.24) is 15.1 Å². The molecule has 0 saturated carbocycles. The molecule has 0 atom stereocenters. The molecule has 1 rings (SSSR count). The largest absolute Gasteiger partial charge is 0.320 e. The fraction of sp³-hybridized carbons (Fsp3) is 0.625. The highest BCUT2D eigenvalue weighted by Crippen LogP contribution is 2.05. The van der Waals surface area contributed by atoms with Gasteiger partial charge in [-0.25, -0.2) is 0 Å². The topological polar surface area (TPSA) is 29.9 Å². The van der Waals surface area contributed by atoms with Crippen molar-refractivity contribution in [3.63, 3.8) is 0 Å². The average Bonchev–Trinajstić information content (AvgIpc) is 2.45. The van der Waals surface area contributed by atoms with Crippen molar-refractivity contribution in [2.45, 2.75) is 19.4 Å². The van der Waals surface area contributed by atoms with Crippen LogP contribution in [-0.2, 0) is 6.54 Å². The van der Waals surface area contributed by atoms with Crippen molar-refractivity contribution < 1.29 is 0 Å². The second kappa shape index (κ2) is 5.17. The van der Waals surface area contributed by atoms with E-state index in [0.29, 0.717) is 5.02 Å². The van der Waals surface area contributed by atoms with Crippen LogP contribution in [0.2, 0.25) is 5.02 Å². The third-order valence-corrected chi connectivity index (χ3v) is 1.86. The van der Waals surface area contributed by atoms with Crippen LogP contribution in [0.5, 0.6) is 0 Å². The molecule has 0 amide bonds. The van der Waals surface area contributed by atoms with Gasteiger partial charge in [0, 0.05) is 12.7 Å². The molecule has 1 aromatic heterocycles. The highest BCUT2D eigenvalue weighted by atomic mass is 35.5. The van der Waals surface area contributed by atoms with Gasteiger partial charge in [0.1, 0.15) is 0 Å². The molecule has 0 aliphatic heterocycles. The van der Waals surface area contributed by atoms with Crippen LogP contribution in [0.25, 0.3) is 0 Å². The van der Waals surface area contributed by atoms with Crippen molar-refractivity contribution in [1.29, 1.82) is 0 Å². The number of hydrogen-bond acceptors (Lipinski definition) is 2. The molecule has 1 N–H and O–H groups in total. The van der Waals surface area contributed by atoms with E-state index >= 15 is 0 Å². The number of nitrogens with zero attached hydrogens (tertiary/aromatic N) is 2. The van der Waals surface area contributed by atoms with E-state index in [4.69, 9.17) is 11.6 Å². The molecule has 4 heteroatoms. The minimum atomic E-state index is 0.712. The SMILES string of the molecule is CNCCCCn1cc(Cl)cn1. The van der Waals surface area contributed by atoms with E-state index < -0.39 is 0 Å². The lowest BCUT2D eigenvalue weighted by Crippen LogP contribution is -2.08. The molecule has 0 saturated heterocycles. The Labute approximate surface area is 77.7 Å². The van der Waals surface area contributed by atoms with Crippen molar-refractivity contribution >= 4 is 11.6 Å². The van der Waals surface area contributed by atoms with Gasteiger partial charge < -0.3 is 5.32 Å². The van der Waals surface area contributed by atoms with Crippen LogP contribution >= 0.6 is 11.6 Å². The van der Waals surface area contributed by atoms with Crippen molar-refractivity contribution in [3.8, 4) is 0 Å². The summed E-state index contributed by atoms with van der Waals surface area (Å²) >= 11 is 5.70. The quantitative estimate of drug-likeness (QED) is 0.709. The fourth-order valence-electron chi connectivity index (χ4n) is 1.04. The Morgan fingerprint density at radius 3 is 3.00 bits per heavy atom. The Morgan fingerprint density at radius 2 is 2.42 bits per heavy atom. The predicted molar refractivity (Wildman–Crippen MR) is 50.4 cm³/mol. The highest BCUT2D eigenvalue weighted by Gasteiger charge is 1.94. The van der Waals surface area contributed by atoms with Crippen LogP contribution in [0.1, 0.15) is 12.8 Å². The lowest BCUT2D eigenvalue weighted by molar-refractivity contribution is 0.548. The van der Waals surface area contributed by atoms with Crippen LogP contribution < -0.4 is 5.32 Å². The third kappa shape index (κ3) is 3.24. The van der Waals surface area contributed by atoms with Gasteiger partial charge in [-0.05, 0) is 26.4 Å². The maximum Gasteiger partial charge on any atom is 0.0785 e. The van der Waals surface area contributed by atoms with Crippen molar-refractivity contribution in [2.24, 2.45) is 0 Å². The summed E-state index contributed by atoms with van der Waals surface area (Å²) in [7, 11) is 1.96. The molecule has 0 bridgehead atoms. The second-order valence-electron chi connectivity index (χ2n) is 2.73. The smallest absolute Gasteiger partial charge is 0.0785 e. The maximum atomic E-state index is 5.70. The maximum absolute atomic E-state index is 5.70. The summed E-state index contributed by atoms with van der Waals surface area (Å²) in [6.45, 7) is 2.02. The summed E-state index contributed by atoms with van der Waals surface area (Å²) in [6.07, 6.45) is 5.83. The average molecular weight is 188 g/mol. The van der Waals surface area contributed by atoms with Gasteiger partial charge in [0.25, 0.3) is 0 Å². The minimum absolute atomic E-state index is 0.712. The molecule has 0 aliphatic rings. The number of halogens is 1. The number of hydrogen-bond donors (Lipinski definition) is 1. The first-order chi connectivity index (χ1) is 5.83. The fourth-order valence-corrected chi connectivity index (χ4v) is 1.19. The van der Waals surface area contributed by atoms with Gasteiger partial charge in [0.05, 0.1) is 11.2 Å². The summed E-state index contributed by atoms with van der Waals surface area (Å²) in [5, 5.41) is 7.89. The van der Waals surface area contributed by atoms with E-state index in [1.54, 1.807) is 6.20 Å². The zero-order chi connectivity index (χ0) is 8.81. The molecule has 68 valence electrons. The van der Waals surface area contributed by atoms with E-state index in [1.165, 1.54) is 6.42 Å². The van der Waals surface area contributed by atoms with Crippen LogP contribution in [-0.4, -0.2) is 23.4 Å². The Bertz CT molecular complexity index is 222. The zero-order valence-electron chi connectivity index (χ0n) is 7.26. The molecule has 0 radical (unpaired) electrons. The minimum Gasteiger partial charge on any atom is -0.320 e. The molecule has 1 aromatic rings. The van der Waals surface area contributed by atoms with Crippen molar-refractivity contribution in [2.75, 3.05) is 13.6 Å². The van der Waals surface area contributed by atoms with E-state index in [1.807, 2.05) is 17.9 Å². The number of nitrogens with one attached hydrogen (secondary N) is 1. The standard InChI is InChI=1S/C8H14ClN3/c1-10-4-2-3-5-12-7-8(9)6-11-12/h6-7,10H,2-5H2,1H3. The normalized spacial score (nSPS) is 10.5. The first-order valence-corrected chi connectivity index (χ1v) is 4.53. The Kier molecular flexibility index (Phi) is 4.11. The van der Waals surface area contributed by atoms with Crippen molar-refractivity contribution in [3.05, 3.63) is 17.4 Å². The Hall–Kier alpha value is -0.540. The second-order valence-corrected chi connectivity index (χ2v) is 3.17. The molecule has 3 nitrogen and oxygen atoms in total. The number of unbranched alkanes of at least 4 members (excludes halogenated alkanes) is 1. The van der Waals surface area contributed by atoms with Gasteiger partial charge in [-0.3, -0.25) is 4.68 Å². The zero-order valence-corrected chi connectivity index (χ0v) is 8.01. The van der Waals surface area contributed by atoms with Crippen LogP contribution in [0.3, 0.4) is 0 Å². The van der Waals surface area contributed by atoms with Gasteiger partial charge >= 0.3 is 0 Å². The van der Waals surface area contributed by atoms with E-state index in [9.17, 15) is 0 Å². The Balaban J connectivity index is 2.15. The molecule has 0 unspecified atom stereocenters. The van der Waals surface area contributed by atoms with E-state index in [-0.39, 0.29) is 0 Å². The number of aromatic nitrogens is 2.